The van der Waals surface area contributed by atoms with Crippen LogP contribution in [0.2, 0.25) is 0 Å². The second-order valence-electron chi connectivity index (χ2n) is 19.2. The number of rotatable bonds is 9. The Balaban J connectivity index is 0.919. The van der Waals surface area contributed by atoms with Crippen LogP contribution in [0.25, 0.3) is 115 Å². The van der Waals surface area contributed by atoms with Crippen molar-refractivity contribution in [1.82, 2.24) is 4.57 Å². The van der Waals surface area contributed by atoms with Gasteiger partial charge in [0.1, 0.15) is 0 Å². The van der Waals surface area contributed by atoms with Crippen LogP contribution >= 0.6 is 0 Å². The van der Waals surface area contributed by atoms with Gasteiger partial charge in [0.25, 0.3) is 0 Å². The van der Waals surface area contributed by atoms with Crippen molar-refractivity contribution < 1.29 is 0 Å². The largest absolute Gasteiger partial charge is 0.310 e. The van der Waals surface area contributed by atoms with Gasteiger partial charge in [0.15, 0.2) is 0 Å². The first-order valence-electron chi connectivity index (χ1n) is 25.5. The van der Waals surface area contributed by atoms with Crippen LogP contribution in [0.4, 0.5) is 17.1 Å². The highest BCUT2D eigenvalue weighted by Crippen LogP contribution is 2.47. The molecule has 0 bridgehead atoms. The van der Waals surface area contributed by atoms with Crippen molar-refractivity contribution in [3.8, 4) is 61.3 Å². The lowest BCUT2D eigenvalue weighted by atomic mass is 9.84. The van der Waals surface area contributed by atoms with E-state index in [4.69, 9.17) is 0 Å². The monoisotopic (exact) mass is 940 g/mol. The first-order valence-corrected chi connectivity index (χ1v) is 25.5. The topological polar surface area (TPSA) is 8.17 Å². The minimum atomic E-state index is 1.08. The quantitative estimate of drug-likeness (QED) is 0.131. The normalized spacial score (nSPS) is 11.5. The molecule has 0 fully saturated rings. The number of benzene rings is 13. The number of hydrogen-bond acceptors (Lipinski definition) is 1. The van der Waals surface area contributed by atoms with Gasteiger partial charge in [0, 0.05) is 33.5 Å². The Bertz CT molecular complexity index is 4400. The highest BCUT2D eigenvalue weighted by atomic mass is 15.1. The highest BCUT2D eigenvalue weighted by molar-refractivity contribution is 6.22. The molecule has 0 spiro atoms. The Labute approximate surface area is 430 Å². The predicted molar refractivity (Wildman–Crippen MR) is 315 cm³/mol. The summed E-state index contributed by atoms with van der Waals surface area (Å²) in [7, 11) is 0. The van der Waals surface area contributed by atoms with E-state index < -0.39 is 0 Å². The van der Waals surface area contributed by atoms with E-state index in [0.717, 1.165) is 39.4 Å². The van der Waals surface area contributed by atoms with E-state index in [1.54, 1.807) is 0 Å². The highest BCUT2D eigenvalue weighted by Gasteiger charge is 2.21. The zero-order valence-electron chi connectivity index (χ0n) is 40.6. The summed E-state index contributed by atoms with van der Waals surface area (Å²) >= 11 is 0. The van der Waals surface area contributed by atoms with E-state index in [1.807, 2.05) is 0 Å². The summed E-state index contributed by atoms with van der Waals surface area (Å²) in [6.45, 7) is 0. The van der Waals surface area contributed by atoms with Crippen molar-refractivity contribution in [2.45, 2.75) is 0 Å². The molecule has 14 rings (SSSR count). The van der Waals surface area contributed by atoms with Crippen molar-refractivity contribution >= 4 is 71.2 Å². The molecule has 2 heteroatoms. The molecule has 0 aliphatic carbocycles. The van der Waals surface area contributed by atoms with Gasteiger partial charge in [-0.3, -0.25) is 0 Å². The fourth-order valence-corrected chi connectivity index (χ4v) is 11.6. The molecule has 0 aliphatic heterocycles. The van der Waals surface area contributed by atoms with Gasteiger partial charge in [0.2, 0.25) is 0 Å². The van der Waals surface area contributed by atoms with E-state index in [2.05, 4.69) is 301 Å². The Morgan fingerprint density at radius 1 is 0.230 bits per heavy atom. The summed E-state index contributed by atoms with van der Waals surface area (Å²) in [5, 5.41) is 9.93. The number of nitrogens with zero attached hydrogens (tertiary/aromatic N) is 2. The molecule has 0 unspecified atom stereocenters. The average molecular weight is 941 g/mol. The molecule has 1 aromatic heterocycles. The van der Waals surface area contributed by atoms with Gasteiger partial charge < -0.3 is 9.47 Å². The molecule has 0 radical (unpaired) electrons. The third-order valence-electron chi connectivity index (χ3n) is 14.9. The summed E-state index contributed by atoms with van der Waals surface area (Å²) in [5.41, 5.74) is 18.7. The molecule has 0 amide bonds. The lowest BCUT2D eigenvalue weighted by Gasteiger charge is -2.27. The van der Waals surface area contributed by atoms with E-state index in [-0.39, 0.29) is 0 Å². The van der Waals surface area contributed by atoms with E-state index in [1.165, 1.54) is 93.1 Å². The Morgan fingerprint density at radius 3 is 1.45 bits per heavy atom. The standard InChI is InChI=1S/C72H48N2/c1-4-20-51(21-5-1)71-66-34-13-12-32-63(66)64-43-39-55(48-68(64)72(71)52-22-6-2-7-23-52)53-25-16-29-59(45-53)73(60-30-17-26-56(46-60)62-35-18-24-50-19-10-11-31-61(50)62)58-41-37-49(38-42-58)54-40-44-70-67(47-54)65-33-14-15-36-69(65)74(70)57-27-8-3-9-28-57/h1-48H. The van der Waals surface area contributed by atoms with Gasteiger partial charge in [-0.2, -0.15) is 0 Å². The fourth-order valence-electron chi connectivity index (χ4n) is 11.6. The Kier molecular flexibility index (Phi) is 10.6. The molecular formula is C72H48N2. The number of para-hydroxylation sites is 2. The fraction of sp³-hybridized carbons (Fsp3) is 0. The van der Waals surface area contributed by atoms with Gasteiger partial charge in [0.05, 0.1) is 11.0 Å². The molecule has 346 valence electrons. The SMILES string of the molecule is c1ccc(-c2c(-c3ccccc3)c3cc(-c4cccc(N(c5ccc(-c6ccc7c(c6)c6ccccc6n7-c6ccccc6)cc5)c5cccc(-c6cccc7ccccc67)c5)c4)ccc3c3ccccc23)cc1. The number of hydrogen-bond donors (Lipinski definition) is 0. The minimum Gasteiger partial charge on any atom is -0.310 e. The van der Waals surface area contributed by atoms with Crippen LogP contribution in [0.3, 0.4) is 0 Å². The second-order valence-corrected chi connectivity index (χ2v) is 19.2. The van der Waals surface area contributed by atoms with Crippen LogP contribution in [-0.4, -0.2) is 4.57 Å². The smallest absolute Gasteiger partial charge is 0.0541 e. The second kappa shape index (κ2) is 18.1. The van der Waals surface area contributed by atoms with Crippen molar-refractivity contribution in [2.75, 3.05) is 4.90 Å². The lowest BCUT2D eigenvalue weighted by Crippen LogP contribution is -2.10. The van der Waals surface area contributed by atoms with Crippen LogP contribution in [0.15, 0.2) is 291 Å². The molecule has 74 heavy (non-hydrogen) atoms. The Hall–Kier alpha value is -9.76. The maximum Gasteiger partial charge on any atom is 0.0541 e. The van der Waals surface area contributed by atoms with Gasteiger partial charge in [-0.25, -0.2) is 0 Å². The third-order valence-corrected chi connectivity index (χ3v) is 14.9. The van der Waals surface area contributed by atoms with Gasteiger partial charge in [-0.15, -0.1) is 0 Å². The summed E-state index contributed by atoms with van der Waals surface area (Å²) in [5.74, 6) is 0. The third kappa shape index (κ3) is 7.43. The first-order chi connectivity index (χ1) is 36.7. The van der Waals surface area contributed by atoms with E-state index in [9.17, 15) is 0 Å². The van der Waals surface area contributed by atoms with Crippen LogP contribution in [0.5, 0.6) is 0 Å². The molecule has 1 heterocycles. The lowest BCUT2D eigenvalue weighted by molar-refractivity contribution is 1.18. The number of anilines is 3. The maximum absolute atomic E-state index is 2.42. The van der Waals surface area contributed by atoms with Gasteiger partial charge >= 0.3 is 0 Å². The van der Waals surface area contributed by atoms with Crippen molar-refractivity contribution in [1.29, 1.82) is 0 Å². The summed E-state index contributed by atoms with van der Waals surface area (Å²) < 4.78 is 2.37. The summed E-state index contributed by atoms with van der Waals surface area (Å²) in [6, 6.07) is 107. The summed E-state index contributed by atoms with van der Waals surface area (Å²) in [6.07, 6.45) is 0. The maximum atomic E-state index is 2.42. The number of fused-ring (bicyclic) bond motifs is 7. The average Bonchev–Trinajstić information content (AvgIpc) is 3.81. The molecule has 2 nitrogen and oxygen atoms in total. The van der Waals surface area contributed by atoms with E-state index >= 15 is 0 Å². The molecule has 14 aromatic rings. The van der Waals surface area contributed by atoms with Crippen molar-refractivity contribution in [3.05, 3.63) is 291 Å². The zero-order chi connectivity index (χ0) is 49.0. The Morgan fingerprint density at radius 2 is 0.703 bits per heavy atom. The predicted octanol–water partition coefficient (Wildman–Crippen LogP) is 20.0. The van der Waals surface area contributed by atoms with Gasteiger partial charge in [-0.05, 0) is 161 Å². The molecule has 0 saturated carbocycles. The molecular weight excluding hydrogens is 893 g/mol. The molecule has 0 N–H and O–H groups in total. The van der Waals surface area contributed by atoms with Crippen molar-refractivity contribution in [3.63, 3.8) is 0 Å². The van der Waals surface area contributed by atoms with Crippen LogP contribution in [0, 0.1) is 0 Å². The molecule has 0 atom stereocenters. The van der Waals surface area contributed by atoms with Crippen molar-refractivity contribution in [2.24, 2.45) is 0 Å². The zero-order valence-corrected chi connectivity index (χ0v) is 40.6. The van der Waals surface area contributed by atoms with Crippen LogP contribution in [0.1, 0.15) is 0 Å². The van der Waals surface area contributed by atoms with E-state index in [0.29, 0.717) is 0 Å². The summed E-state index contributed by atoms with van der Waals surface area (Å²) in [4.78, 5) is 2.41. The molecule has 0 aliphatic rings. The molecule has 0 saturated heterocycles. The molecule has 13 aromatic carbocycles. The number of aromatic nitrogens is 1. The first kappa shape index (κ1) is 43.1. The minimum absolute atomic E-state index is 1.08. The van der Waals surface area contributed by atoms with Crippen LogP contribution in [-0.2, 0) is 0 Å². The van der Waals surface area contributed by atoms with Gasteiger partial charge in [-0.1, -0.05) is 218 Å². The van der Waals surface area contributed by atoms with Crippen LogP contribution < -0.4 is 4.90 Å².